The maximum Gasteiger partial charge on any atom is 0.338 e. The molecule has 0 radical (unpaired) electrons. The Labute approximate surface area is 173 Å². The molecule has 8 nitrogen and oxygen atoms in total. The van der Waals surface area contributed by atoms with E-state index in [-0.39, 0.29) is 23.6 Å². The highest BCUT2D eigenvalue weighted by Crippen LogP contribution is 2.29. The maximum atomic E-state index is 12.2. The van der Waals surface area contributed by atoms with E-state index in [9.17, 15) is 13.2 Å². The van der Waals surface area contributed by atoms with Gasteiger partial charge in [-0.1, -0.05) is 23.2 Å². The number of para-hydroxylation sites is 1. The summed E-state index contributed by atoms with van der Waals surface area (Å²) in [5, 5.41) is 3.97. The standard InChI is InChI=1S/C21H18N2O6S/c1-3-12-22-30(25,26)17-10-8-15(9-11-17)21(24)28-14-16-13-19(23-29-16)18-6-4-5-7-20(18)27-2/h1,4-11,13,22H,12,14H2,2H3. The molecule has 9 heteroatoms. The number of ether oxygens (including phenoxy) is 2. The molecule has 1 aromatic heterocycles. The molecule has 0 spiro atoms. The van der Waals surface area contributed by atoms with Crippen LogP contribution in [0.3, 0.4) is 0 Å². The second kappa shape index (κ2) is 9.26. The fourth-order valence-electron chi connectivity index (χ4n) is 2.57. The SMILES string of the molecule is C#CCNS(=O)(=O)c1ccc(C(=O)OCc2cc(-c3ccccc3OC)no2)cc1. The van der Waals surface area contributed by atoms with E-state index in [4.69, 9.17) is 20.4 Å². The minimum Gasteiger partial charge on any atom is -0.496 e. The zero-order chi connectivity index (χ0) is 21.6. The van der Waals surface area contributed by atoms with E-state index >= 15 is 0 Å². The number of methoxy groups -OCH3 is 1. The van der Waals surface area contributed by atoms with Gasteiger partial charge in [-0.05, 0) is 36.4 Å². The number of benzene rings is 2. The third kappa shape index (κ3) is 4.86. The summed E-state index contributed by atoms with van der Waals surface area (Å²) >= 11 is 0. The fourth-order valence-corrected chi connectivity index (χ4v) is 3.51. The molecular weight excluding hydrogens is 408 g/mol. The first kappa shape index (κ1) is 21.1. The second-order valence-electron chi connectivity index (χ2n) is 6.01. The molecule has 1 N–H and O–H groups in total. The van der Waals surface area contributed by atoms with Crippen LogP contribution in [-0.4, -0.2) is 33.2 Å². The van der Waals surface area contributed by atoms with Crippen LogP contribution in [0.2, 0.25) is 0 Å². The van der Waals surface area contributed by atoms with E-state index in [2.05, 4.69) is 15.8 Å². The molecule has 0 saturated heterocycles. The van der Waals surface area contributed by atoms with Crippen LogP contribution in [0, 0.1) is 12.3 Å². The van der Waals surface area contributed by atoms with Crippen molar-refractivity contribution in [3.8, 4) is 29.4 Å². The largest absolute Gasteiger partial charge is 0.496 e. The van der Waals surface area contributed by atoms with E-state index in [1.54, 1.807) is 19.2 Å². The molecule has 2 aromatic carbocycles. The smallest absolute Gasteiger partial charge is 0.338 e. The van der Waals surface area contributed by atoms with E-state index in [1.807, 2.05) is 18.2 Å². The van der Waals surface area contributed by atoms with Crippen molar-refractivity contribution >= 4 is 16.0 Å². The summed E-state index contributed by atoms with van der Waals surface area (Å²) < 4.78 is 42.0. The molecule has 0 unspecified atom stereocenters. The van der Waals surface area contributed by atoms with Crippen LogP contribution in [0.5, 0.6) is 5.75 Å². The molecule has 1 heterocycles. The van der Waals surface area contributed by atoms with E-state index < -0.39 is 16.0 Å². The first-order valence-corrected chi connectivity index (χ1v) is 10.2. The van der Waals surface area contributed by atoms with E-state index in [0.29, 0.717) is 17.2 Å². The van der Waals surface area contributed by atoms with Crippen LogP contribution in [0.25, 0.3) is 11.3 Å². The average Bonchev–Trinajstić information content (AvgIpc) is 3.25. The van der Waals surface area contributed by atoms with Gasteiger partial charge in [0.25, 0.3) is 0 Å². The fraction of sp³-hybridized carbons (Fsp3) is 0.143. The number of esters is 1. The number of aromatic nitrogens is 1. The number of nitrogens with zero attached hydrogens (tertiary/aromatic N) is 1. The summed E-state index contributed by atoms with van der Waals surface area (Å²) in [6.07, 6.45) is 5.05. The van der Waals surface area contributed by atoms with E-state index in [1.165, 1.54) is 24.3 Å². The van der Waals surface area contributed by atoms with Gasteiger partial charge in [0.1, 0.15) is 11.4 Å². The maximum absolute atomic E-state index is 12.2. The summed E-state index contributed by atoms with van der Waals surface area (Å²) in [5.41, 5.74) is 1.49. The average molecular weight is 426 g/mol. The molecule has 0 amide bonds. The number of hydrogen-bond donors (Lipinski definition) is 1. The lowest BCUT2D eigenvalue weighted by Gasteiger charge is -2.06. The summed E-state index contributed by atoms with van der Waals surface area (Å²) in [7, 11) is -2.17. The quantitative estimate of drug-likeness (QED) is 0.436. The molecular formula is C21H18N2O6S. The zero-order valence-electron chi connectivity index (χ0n) is 16.0. The number of nitrogens with one attached hydrogen (secondary N) is 1. The summed E-state index contributed by atoms with van der Waals surface area (Å²) in [4.78, 5) is 12.2. The highest BCUT2D eigenvalue weighted by Gasteiger charge is 2.16. The number of hydrogen-bond acceptors (Lipinski definition) is 7. The molecule has 30 heavy (non-hydrogen) atoms. The highest BCUT2D eigenvalue weighted by molar-refractivity contribution is 7.89. The Morgan fingerprint density at radius 3 is 2.63 bits per heavy atom. The third-order valence-corrected chi connectivity index (χ3v) is 5.47. The first-order chi connectivity index (χ1) is 14.4. The predicted molar refractivity (Wildman–Crippen MR) is 108 cm³/mol. The van der Waals surface area contributed by atoms with Gasteiger partial charge < -0.3 is 14.0 Å². The molecule has 0 aliphatic carbocycles. The van der Waals surface area contributed by atoms with Crippen molar-refractivity contribution in [3.63, 3.8) is 0 Å². The molecule has 0 aliphatic rings. The number of carbonyl (C=O) groups excluding carboxylic acids is 1. The van der Waals surface area contributed by atoms with Crippen molar-refractivity contribution in [2.45, 2.75) is 11.5 Å². The zero-order valence-corrected chi connectivity index (χ0v) is 16.8. The van der Waals surface area contributed by atoms with Crippen LogP contribution in [0.4, 0.5) is 0 Å². The Hall–Kier alpha value is -3.61. The number of terminal acetylenes is 1. The lowest BCUT2D eigenvalue weighted by molar-refractivity contribution is 0.0437. The normalized spacial score (nSPS) is 10.9. The Morgan fingerprint density at radius 2 is 1.93 bits per heavy atom. The number of rotatable bonds is 8. The molecule has 0 aliphatic heterocycles. The molecule has 0 fully saturated rings. The Balaban J connectivity index is 1.64. The van der Waals surface area contributed by atoms with Crippen molar-refractivity contribution in [3.05, 3.63) is 65.9 Å². The minimum atomic E-state index is -3.73. The monoisotopic (exact) mass is 426 g/mol. The van der Waals surface area contributed by atoms with Gasteiger partial charge >= 0.3 is 5.97 Å². The second-order valence-corrected chi connectivity index (χ2v) is 7.77. The third-order valence-electron chi connectivity index (χ3n) is 4.05. The van der Waals surface area contributed by atoms with Gasteiger partial charge in [0.15, 0.2) is 12.4 Å². The lowest BCUT2D eigenvalue weighted by Crippen LogP contribution is -2.23. The van der Waals surface area contributed by atoms with Gasteiger partial charge in [-0.3, -0.25) is 0 Å². The van der Waals surface area contributed by atoms with Gasteiger partial charge in [-0.25, -0.2) is 13.2 Å². The Bertz CT molecular complexity index is 1180. The van der Waals surface area contributed by atoms with Crippen molar-refractivity contribution in [2.75, 3.05) is 13.7 Å². The number of sulfonamides is 1. The van der Waals surface area contributed by atoms with Crippen LogP contribution in [0.15, 0.2) is 64.0 Å². The predicted octanol–water partition coefficient (Wildman–Crippen LogP) is 2.62. The van der Waals surface area contributed by atoms with Crippen molar-refractivity contribution in [2.24, 2.45) is 0 Å². The van der Waals surface area contributed by atoms with Gasteiger partial charge in [0, 0.05) is 11.6 Å². The van der Waals surface area contributed by atoms with Crippen molar-refractivity contribution in [1.29, 1.82) is 0 Å². The molecule has 0 bridgehead atoms. The Morgan fingerprint density at radius 1 is 1.20 bits per heavy atom. The van der Waals surface area contributed by atoms with E-state index in [0.717, 1.165) is 5.56 Å². The molecule has 3 aromatic rings. The minimum absolute atomic E-state index is 0.00835. The van der Waals surface area contributed by atoms with Crippen LogP contribution < -0.4 is 9.46 Å². The van der Waals surface area contributed by atoms with Gasteiger partial charge in [0.05, 0.1) is 24.1 Å². The topological polar surface area (TPSA) is 108 Å². The molecule has 0 saturated carbocycles. The summed E-state index contributed by atoms with van der Waals surface area (Å²) in [5.74, 6) is 2.54. The van der Waals surface area contributed by atoms with Crippen molar-refractivity contribution in [1.82, 2.24) is 9.88 Å². The lowest BCUT2D eigenvalue weighted by atomic mass is 10.1. The molecule has 0 atom stereocenters. The van der Waals surface area contributed by atoms with Gasteiger partial charge in [0.2, 0.25) is 10.0 Å². The van der Waals surface area contributed by atoms with Gasteiger partial charge in [-0.15, -0.1) is 6.42 Å². The summed E-state index contributed by atoms with van der Waals surface area (Å²) in [6.45, 7) is -0.259. The van der Waals surface area contributed by atoms with Crippen molar-refractivity contribution < 1.29 is 27.2 Å². The van der Waals surface area contributed by atoms with Gasteiger partial charge in [-0.2, -0.15) is 4.72 Å². The Kier molecular flexibility index (Phi) is 6.51. The molecule has 154 valence electrons. The van der Waals surface area contributed by atoms with Crippen LogP contribution >= 0.6 is 0 Å². The highest BCUT2D eigenvalue weighted by atomic mass is 32.2. The van der Waals surface area contributed by atoms with Crippen LogP contribution in [-0.2, 0) is 21.4 Å². The van der Waals surface area contributed by atoms with Crippen LogP contribution in [0.1, 0.15) is 16.1 Å². The number of carbonyl (C=O) groups is 1. The molecule has 3 rings (SSSR count). The first-order valence-electron chi connectivity index (χ1n) is 8.74. The summed E-state index contributed by atoms with van der Waals surface area (Å²) in [6, 6.07) is 14.3.